The highest BCUT2D eigenvalue weighted by atomic mass is 16.2. The summed E-state index contributed by atoms with van der Waals surface area (Å²) in [7, 11) is 0. The zero-order valence-corrected chi connectivity index (χ0v) is 14.9. The van der Waals surface area contributed by atoms with Crippen LogP contribution in [0.2, 0.25) is 0 Å². The molecule has 0 spiro atoms. The molecular formula is C20H25N3O2. The van der Waals surface area contributed by atoms with Gasteiger partial charge in [0.15, 0.2) is 0 Å². The lowest BCUT2D eigenvalue weighted by atomic mass is 9.96. The molecule has 2 heterocycles. The molecular weight excluding hydrogens is 314 g/mol. The maximum absolute atomic E-state index is 12.9. The van der Waals surface area contributed by atoms with E-state index in [1.807, 2.05) is 43.0 Å². The number of aryl methyl sites for hydroxylation is 1. The van der Waals surface area contributed by atoms with E-state index in [9.17, 15) is 9.59 Å². The van der Waals surface area contributed by atoms with Gasteiger partial charge in [-0.15, -0.1) is 0 Å². The van der Waals surface area contributed by atoms with Crippen molar-refractivity contribution in [3.05, 3.63) is 58.9 Å². The predicted molar refractivity (Wildman–Crippen MR) is 97.3 cm³/mol. The molecule has 0 radical (unpaired) electrons. The van der Waals surface area contributed by atoms with Crippen molar-refractivity contribution in [2.24, 2.45) is 11.7 Å². The average Bonchev–Trinajstić information content (AvgIpc) is 2.90. The first-order valence-corrected chi connectivity index (χ1v) is 8.76. The number of rotatable bonds is 4. The summed E-state index contributed by atoms with van der Waals surface area (Å²) in [6.45, 7) is 5.98. The summed E-state index contributed by atoms with van der Waals surface area (Å²) >= 11 is 0. The van der Waals surface area contributed by atoms with Crippen molar-refractivity contribution in [3.63, 3.8) is 0 Å². The van der Waals surface area contributed by atoms with Crippen molar-refractivity contribution in [1.82, 2.24) is 9.47 Å². The molecule has 0 atom stereocenters. The first-order valence-electron chi connectivity index (χ1n) is 8.76. The molecule has 1 fully saturated rings. The molecule has 2 N–H and O–H groups in total. The summed E-state index contributed by atoms with van der Waals surface area (Å²) in [4.78, 5) is 26.0. The van der Waals surface area contributed by atoms with E-state index in [2.05, 4.69) is 16.7 Å². The normalized spacial score (nSPS) is 15.4. The largest absolute Gasteiger partial charge is 0.369 e. The van der Waals surface area contributed by atoms with Gasteiger partial charge in [-0.1, -0.05) is 30.3 Å². The molecule has 0 bridgehead atoms. The number of primary amides is 1. The lowest BCUT2D eigenvalue weighted by molar-refractivity contribution is -0.123. The van der Waals surface area contributed by atoms with Crippen LogP contribution in [0.4, 0.5) is 0 Å². The van der Waals surface area contributed by atoms with Gasteiger partial charge in [0, 0.05) is 36.9 Å². The van der Waals surface area contributed by atoms with E-state index in [4.69, 9.17) is 5.73 Å². The minimum absolute atomic E-state index is 0.0512. The van der Waals surface area contributed by atoms with Gasteiger partial charge in [-0.3, -0.25) is 9.59 Å². The molecule has 0 aliphatic carbocycles. The van der Waals surface area contributed by atoms with Gasteiger partial charge in [0.2, 0.25) is 5.91 Å². The zero-order chi connectivity index (χ0) is 18.0. The number of hydrogen-bond donors (Lipinski definition) is 1. The third-order valence-corrected chi connectivity index (χ3v) is 5.17. The van der Waals surface area contributed by atoms with Crippen molar-refractivity contribution < 1.29 is 9.59 Å². The van der Waals surface area contributed by atoms with E-state index >= 15 is 0 Å². The molecule has 1 aromatic heterocycles. The number of likely N-dealkylation sites (tertiary alicyclic amines) is 1. The smallest absolute Gasteiger partial charge is 0.255 e. The molecule has 0 unspecified atom stereocenters. The zero-order valence-electron chi connectivity index (χ0n) is 14.9. The maximum Gasteiger partial charge on any atom is 0.255 e. The minimum atomic E-state index is -0.256. The molecule has 132 valence electrons. The second-order valence-corrected chi connectivity index (χ2v) is 6.83. The quantitative estimate of drug-likeness (QED) is 0.930. The Bertz CT molecular complexity index is 772. The fourth-order valence-electron chi connectivity index (χ4n) is 3.56. The van der Waals surface area contributed by atoms with Crippen LogP contribution in [-0.2, 0) is 11.3 Å². The van der Waals surface area contributed by atoms with Crippen LogP contribution in [0.5, 0.6) is 0 Å². The lowest BCUT2D eigenvalue weighted by Gasteiger charge is -2.30. The highest BCUT2D eigenvalue weighted by Crippen LogP contribution is 2.22. The molecule has 0 saturated carbocycles. The Morgan fingerprint density at radius 1 is 1.12 bits per heavy atom. The van der Waals surface area contributed by atoms with Crippen molar-refractivity contribution >= 4 is 11.8 Å². The number of nitrogens with two attached hydrogens (primary N) is 1. The fourth-order valence-corrected chi connectivity index (χ4v) is 3.56. The Hall–Kier alpha value is -2.56. The highest BCUT2D eigenvalue weighted by Gasteiger charge is 2.28. The van der Waals surface area contributed by atoms with Crippen LogP contribution in [-0.4, -0.2) is 34.4 Å². The number of hydrogen-bond acceptors (Lipinski definition) is 2. The topological polar surface area (TPSA) is 68.3 Å². The van der Waals surface area contributed by atoms with Crippen LogP contribution in [0.25, 0.3) is 0 Å². The first kappa shape index (κ1) is 17.3. The third-order valence-electron chi connectivity index (χ3n) is 5.17. The van der Waals surface area contributed by atoms with Gasteiger partial charge in [-0.25, -0.2) is 0 Å². The van der Waals surface area contributed by atoms with Crippen LogP contribution >= 0.6 is 0 Å². The summed E-state index contributed by atoms with van der Waals surface area (Å²) in [5, 5.41) is 0. The Morgan fingerprint density at radius 2 is 1.76 bits per heavy atom. The molecule has 1 aromatic carbocycles. The third kappa shape index (κ3) is 3.60. The van der Waals surface area contributed by atoms with Gasteiger partial charge in [0.25, 0.3) is 5.91 Å². The Morgan fingerprint density at radius 3 is 2.36 bits per heavy atom. The number of amides is 2. The molecule has 2 amide bonds. The Balaban J connectivity index is 1.76. The van der Waals surface area contributed by atoms with Crippen LogP contribution < -0.4 is 5.73 Å². The second-order valence-electron chi connectivity index (χ2n) is 6.83. The monoisotopic (exact) mass is 339 g/mol. The van der Waals surface area contributed by atoms with Crippen LogP contribution in [0, 0.1) is 19.8 Å². The van der Waals surface area contributed by atoms with Gasteiger partial charge < -0.3 is 15.2 Å². The molecule has 25 heavy (non-hydrogen) atoms. The lowest BCUT2D eigenvalue weighted by Crippen LogP contribution is -2.41. The first-order chi connectivity index (χ1) is 12.0. The van der Waals surface area contributed by atoms with Gasteiger partial charge in [-0.2, -0.15) is 0 Å². The fraction of sp³-hybridized carbons (Fsp3) is 0.400. The SMILES string of the molecule is Cc1cc(C(=O)N2CCC(C(N)=O)CC2)c(C)n1Cc1ccccc1. The molecule has 1 aliphatic heterocycles. The molecule has 1 saturated heterocycles. The Labute approximate surface area is 148 Å². The standard InChI is InChI=1S/C20H25N3O2/c1-14-12-18(15(2)23(14)13-16-6-4-3-5-7-16)20(25)22-10-8-17(9-11-22)19(21)24/h3-7,12,17H,8-11,13H2,1-2H3,(H2,21,24). The number of carbonyl (C=O) groups excluding carboxylic acids is 2. The van der Waals surface area contributed by atoms with E-state index in [1.165, 1.54) is 5.56 Å². The molecule has 5 heteroatoms. The number of aromatic nitrogens is 1. The number of nitrogens with zero attached hydrogens (tertiary/aromatic N) is 2. The van der Waals surface area contributed by atoms with Crippen LogP contribution in [0.1, 0.15) is 40.2 Å². The van der Waals surface area contributed by atoms with Crippen LogP contribution in [0.3, 0.4) is 0 Å². The van der Waals surface area contributed by atoms with E-state index in [-0.39, 0.29) is 17.7 Å². The molecule has 3 rings (SSSR count). The van der Waals surface area contributed by atoms with E-state index < -0.39 is 0 Å². The molecule has 2 aromatic rings. The van der Waals surface area contributed by atoms with Gasteiger partial charge >= 0.3 is 0 Å². The van der Waals surface area contributed by atoms with E-state index in [0.29, 0.717) is 25.9 Å². The summed E-state index contributed by atoms with van der Waals surface area (Å²) in [5.41, 5.74) is 9.41. The van der Waals surface area contributed by atoms with Gasteiger partial charge in [0.1, 0.15) is 0 Å². The van der Waals surface area contributed by atoms with Gasteiger partial charge in [-0.05, 0) is 38.3 Å². The van der Waals surface area contributed by atoms with Gasteiger partial charge in [0.05, 0.1) is 5.56 Å². The predicted octanol–water partition coefficient (Wildman–Crippen LogP) is 2.49. The molecule has 1 aliphatic rings. The van der Waals surface area contributed by atoms with Crippen molar-refractivity contribution in [2.45, 2.75) is 33.2 Å². The van der Waals surface area contributed by atoms with Crippen molar-refractivity contribution in [2.75, 3.05) is 13.1 Å². The van der Waals surface area contributed by atoms with Crippen LogP contribution in [0.15, 0.2) is 36.4 Å². The minimum Gasteiger partial charge on any atom is -0.369 e. The summed E-state index contributed by atoms with van der Waals surface area (Å²) in [5.74, 6) is -0.307. The highest BCUT2D eigenvalue weighted by molar-refractivity contribution is 5.96. The van der Waals surface area contributed by atoms with Crippen molar-refractivity contribution in [1.29, 1.82) is 0 Å². The molecule has 5 nitrogen and oxygen atoms in total. The maximum atomic E-state index is 12.9. The number of carbonyl (C=O) groups is 2. The van der Waals surface area contributed by atoms with E-state index in [1.54, 1.807) is 0 Å². The second kappa shape index (κ2) is 7.13. The Kier molecular flexibility index (Phi) is 4.93. The number of benzene rings is 1. The van der Waals surface area contributed by atoms with Crippen molar-refractivity contribution in [3.8, 4) is 0 Å². The average molecular weight is 339 g/mol. The van der Waals surface area contributed by atoms with E-state index in [0.717, 1.165) is 23.5 Å². The summed E-state index contributed by atoms with van der Waals surface area (Å²) < 4.78 is 2.18. The summed E-state index contributed by atoms with van der Waals surface area (Å²) in [6.07, 6.45) is 1.31. The number of piperidine rings is 1. The summed E-state index contributed by atoms with van der Waals surface area (Å²) in [6, 6.07) is 12.2.